The maximum Gasteiger partial charge on any atom is 0.491 e. The predicted octanol–water partition coefficient (Wildman–Crippen LogP) is 2.37. The van der Waals surface area contributed by atoms with Gasteiger partial charge in [-0.3, -0.25) is 4.98 Å². The minimum absolute atomic E-state index is 0.0303. The minimum atomic E-state index is -5.62. The lowest BCUT2D eigenvalue weighted by Gasteiger charge is -2.06. The summed E-state index contributed by atoms with van der Waals surface area (Å²) in [6, 6.07) is 3.87. The summed E-state index contributed by atoms with van der Waals surface area (Å²) in [4.78, 5) is 23.4. The van der Waals surface area contributed by atoms with Gasteiger partial charge in [0.25, 0.3) is 0 Å². The fourth-order valence-electron chi connectivity index (χ4n) is 1.21. The number of esters is 2. The first-order valence-electron chi connectivity index (χ1n) is 5.72. The summed E-state index contributed by atoms with van der Waals surface area (Å²) in [7, 11) is 0. The van der Waals surface area contributed by atoms with Crippen LogP contribution in [0.15, 0.2) is 12.1 Å². The average molecular weight is 347 g/mol. The van der Waals surface area contributed by atoms with Gasteiger partial charge in [-0.2, -0.15) is 26.3 Å². The SMILES string of the molecule is Cc1cc(C)nc(CO)c1.O=C(OC(=O)C(F)(F)F)C(F)(F)F. The molecule has 0 radical (unpaired) electrons. The van der Waals surface area contributed by atoms with E-state index in [1.54, 1.807) is 0 Å². The largest absolute Gasteiger partial charge is 0.491 e. The number of ether oxygens (including phenoxy) is 1. The average Bonchev–Trinajstić information content (AvgIpc) is 2.35. The molecule has 1 N–H and O–H groups in total. The van der Waals surface area contributed by atoms with Crippen molar-refractivity contribution in [3.8, 4) is 0 Å². The molecule has 0 aliphatic rings. The smallest absolute Gasteiger partial charge is 0.390 e. The van der Waals surface area contributed by atoms with Gasteiger partial charge in [0.2, 0.25) is 0 Å². The third kappa shape index (κ3) is 8.14. The lowest BCUT2D eigenvalue weighted by Crippen LogP contribution is -2.34. The standard InChI is InChI=1S/C8H11NO.C4F6O3/c1-6-3-7(2)9-8(4-6)5-10;5-3(6,7)1(11)13-2(12)4(8,9)10/h3-4,10H,5H2,1-2H3;. The van der Waals surface area contributed by atoms with Crippen molar-refractivity contribution in [2.45, 2.75) is 32.8 Å². The van der Waals surface area contributed by atoms with Gasteiger partial charge in [0, 0.05) is 5.69 Å². The summed E-state index contributed by atoms with van der Waals surface area (Å²) in [6.07, 6.45) is -11.2. The van der Waals surface area contributed by atoms with Gasteiger partial charge in [-0.1, -0.05) is 0 Å². The van der Waals surface area contributed by atoms with Crippen LogP contribution in [0.5, 0.6) is 0 Å². The number of hydrogen-bond acceptors (Lipinski definition) is 5. The van der Waals surface area contributed by atoms with Crippen LogP contribution in [0.3, 0.4) is 0 Å². The number of carbonyl (C=O) groups is 2. The van der Waals surface area contributed by atoms with E-state index < -0.39 is 24.3 Å². The summed E-state index contributed by atoms with van der Waals surface area (Å²) in [5, 5.41) is 8.72. The normalized spacial score (nSPS) is 11.3. The van der Waals surface area contributed by atoms with E-state index in [0.717, 1.165) is 17.0 Å². The van der Waals surface area contributed by atoms with Crippen LogP contribution >= 0.6 is 0 Å². The molecule has 130 valence electrons. The second kappa shape index (κ2) is 7.90. The third-order valence-corrected chi connectivity index (χ3v) is 1.96. The van der Waals surface area contributed by atoms with Crippen molar-refractivity contribution in [1.29, 1.82) is 0 Å². The number of aromatic nitrogens is 1. The summed E-state index contributed by atoms with van der Waals surface area (Å²) >= 11 is 0. The fourth-order valence-corrected chi connectivity index (χ4v) is 1.21. The van der Waals surface area contributed by atoms with E-state index in [4.69, 9.17) is 5.11 Å². The van der Waals surface area contributed by atoms with E-state index in [0.29, 0.717) is 0 Å². The second-order valence-corrected chi connectivity index (χ2v) is 4.11. The van der Waals surface area contributed by atoms with Crippen LogP contribution in [-0.2, 0) is 20.9 Å². The second-order valence-electron chi connectivity index (χ2n) is 4.11. The Hall–Kier alpha value is -2.17. The Morgan fingerprint density at radius 1 is 1.04 bits per heavy atom. The Morgan fingerprint density at radius 3 is 1.78 bits per heavy atom. The van der Waals surface area contributed by atoms with Crippen LogP contribution in [0.25, 0.3) is 0 Å². The van der Waals surface area contributed by atoms with Gasteiger partial charge >= 0.3 is 24.3 Å². The molecule has 1 aromatic heterocycles. The van der Waals surface area contributed by atoms with Crippen molar-refractivity contribution in [2.24, 2.45) is 0 Å². The Bertz CT molecular complexity index is 523. The summed E-state index contributed by atoms with van der Waals surface area (Å²) in [5.74, 6) is -6.40. The molecule has 1 aromatic rings. The zero-order valence-electron chi connectivity index (χ0n) is 11.7. The molecular weight excluding hydrogens is 336 g/mol. The van der Waals surface area contributed by atoms with Crippen LogP contribution in [0.2, 0.25) is 0 Å². The van der Waals surface area contributed by atoms with E-state index in [2.05, 4.69) is 9.72 Å². The lowest BCUT2D eigenvalue weighted by molar-refractivity contribution is -0.221. The maximum atomic E-state index is 11.2. The van der Waals surface area contributed by atoms with E-state index in [1.807, 2.05) is 26.0 Å². The van der Waals surface area contributed by atoms with Gasteiger partial charge in [-0.25, -0.2) is 9.59 Å². The number of aliphatic hydroxyl groups is 1. The Labute approximate surface area is 125 Å². The van der Waals surface area contributed by atoms with Gasteiger partial charge < -0.3 is 9.84 Å². The van der Waals surface area contributed by atoms with Crippen LogP contribution in [0.4, 0.5) is 26.3 Å². The number of halogens is 6. The number of pyridine rings is 1. The van der Waals surface area contributed by atoms with Crippen molar-refractivity contribution < 1.29 is 45.8 Å². The number of alkyl halides is 6. The molecule has 0 bridgehead atoms. The highest BCUT2D eigenvalue weighted by atomic mass is 19.4. The number of carbonyl (C=O) groups excluding carboxylic acids is 2. The Balaban J connectivity index is 0.000000433. The lowest BCUT2D eigenvalue weighted by atomic mass is 10.2. The van der Waals surface area contributed by atoms with E-state index in [9.17, 15) is 35.9 Å². The number of rotatable bonds is 1. The van der Waals surface area contributed by atoms with E-state index >= 15 is 0 Å². The molecule has 1 rings (SSSR count). The summed E-state index contributed by atoms with van der Waals surface area (Å²) < 4.78 is 69.7. The highest BCUT2D eigenvalue weighted by Gasteiger charge is 2.49. The van der Waals surface area contributed by atoms with Crippen LogP contribution in [0.1, 0.15) is 17.0 Å². The molecule has 1 heterocycles. The molecule has 0 atom stereocenters. The first kappa shape index (κ1) is 20.8. The molecule has 0 spiro atoms. The molecule has 11 heteroatoms. The van der Waals surface area contributed by atoms with Crippen molar-refractivity contribution in [3.05, 3.63) is 29.1 Å². The Kier molecular flexibility index (Phi) is 7.16. The molecule has 0 aliphatic carbocycles. The highest BCUT2D eigenvalue weighted by molar-refractivity contribution is 5.90. The Morgan fingerprint density at radius 2 is 1.48 bits per heavy atom. The van der Waals surface area contributed by atoms with E-state index in [-0.39, 0.29) is 6.61 Å². The van der Waals surface area contributed by atoms with Crippen LogP contribution < -0.4 is 0 Å². The van der Waals surface area contributed by atoms with Gasteiger partial charge in [0.05, 0.1) is 12.3 Å². The van der Waals surface area contributed by atoms with Gasteiger partial charge in [0.1, 0.15) is 0 Å². The fraction of sp³-hybridized carbons (Fsp3) is 0.417. The highest BCUT2D eigenvalue weighted by Crippen LogP contribution is 2.21. The van der Waals surface area contributed by atoms with Crippen molar-refractivity contribution >= 4 is 11.9 Å². The van der Waals surface area contributed by atoms with Gasteiger partial charge in [-0.05, 0) is 31.5 Å². The molecule has 0 fully saturated rings. The quantitative estimate of drug-likeness (QED) is 0.480. The molecule has 0 unspecified atom stereocenters. The van der Waals surface area contributed by atoms with Gasteiger partial charge in [0.15, 0.2) is 0 Å². The van der Waals surface area contributed by atoms with Crippen molar-refractivity contribution in [2.75, 3.05) is 0 Å². The van der Waals surface area contributed by atoms with Crippen molar-refractivity contribution in [1.82, 2.24) is 4.98 Å². The van der Waals surface area contributed by atoms with E-state index in [1.165, 1.54) is 0 Å². The van der Waals surface area contributed by atoms with Gasteiger partial charge in [-0.15, -0.1) is 0 Å². The molecule has 5 nitrogen and oxygen atoms in total. The molecule has 23 heavy (non-hydrogen) atoms. The summed E-state index contributed by atoms with van der Waals surface area (Å²) in [6.45, 7) is 3.95. The zero-order valence-corrected chi connectivity index (χ0v) is 11.7. The third-order valence-electron chi connectivity index (χ3n) is 1.96. The molecule has 0 aliphatic heterocycles. The first-order chi connectivity index (χ1) is 10.3. The van der Waals surface area contributed by atoms with Crippen LogP contribution in [-0.4, -0.2) is 34.4 Å². The predicted molar refractivity (Wildman–Crippen MR) is 62.8 cm³/mol. The number of aryl methyl sites for hydroxylation is 2. The monoisotopic (exact) mass is 347 g/mol. The number of aliphatic hydroxyl groups excluding tert-OH is 1. The topological polar surface area (TPSA) is 76.5 Å². The minimum Gasteiger partial charge on any atom is -0.390 e. The molecule has 0 saturated heterocycles. The van der Waals surface area contributed by atoms with Crippen molar-refractivity contribution in [3.63, 3.8) is 0 Å². The number of nitrogens with zero attached hydrogens (tertiary/aromatic N) is 1. The first-order valence-corrected chi connectivity index (χ1v) is 5.72. The molecule has 0 amide bonds. The molecule has 0 aromatic carbocycles. The zero-order chi connectivity index (χ0) is 18.4. The molecular formula is C12H11F6NO4. The van der Waals surface area contributed by atoms with Crippen LogP contribution in [0, 0.1) is 13.8 Å². The summed E-state index contributed by atoms with van der Waals surface area (Å²) in [5.41, 5.74) is 2.86. The molecule has 0 saturated carbocycles. The number of hydrogen-bond donors (Lipinski definition) is 1. The maximum absolute atomic E-state index is 11.2.